The summed E-state index contributed by atoms with van der Waals surface area (Å²) in [7, 11) is 0. The van der Waals surface area contributed by atoms with Crippen LogP contribution in [-0.4, -0.2) is 15.8 Å². The van der Waals surface area contributed by atoms with Gasteiger partial charge in [0, 0.05) is 25.7 Å². The van der Waals surface area contributed by atoms with E-state index in [9.17, 15) is 14.9 Å². The van der Waals surface area contributed by atoms with Crippen LogP contribution in [0.1, 0.15) is 32.7 Å². The monoisotopic (exact) mass is 312 g/mol. The molecule has 1 aromatic heterocycles. The van der Waals surface area contributed by atoms with Gasteiger partial charge in [0.15, 0.2) is 0 Å². The Labute approximate surface area is 132 Å². The standard InChI is InChI=1S/C16H16N4O3/c1-10-15(5-14(9-18-10)20(22)23)16(21)19-6-11-2-3-12-7-17-8-13(12)4-11/h2-5,9,17H,6-8H2,1H3,(H,19,21). The summed E-state index contributed by atoms with van der Waals surface area (Å²) in [5.41, 5.74) is 4.01. The molecule has 3 rings (SSSR count). The van der Waals surface area contributed by atoms with Crippen molar-refractivity contribution in [3.63, 3.8) is 0 Å². The summed E-state index contributed by atoms with van der Waals surface area (Å²) in [5.74, 6) is -0.364. The number of carbonyl (C=O) groups is 1. The fourth-order valence-corrected chi connectivity index (χ4v) is 2.59. The molecular formula is C16H16N4O3. The lowest BCUT2D eigenvalue weighted by molar-refractivity contribution is -0.385. The van der Waals surface area contributed by atoms with Gasteiger partial charge in [-0.15, -0.1) is 0 Å². The number of amides is 1. The van der Waals surface area contributed by atoms with Gasteiger partial charge in [0.1, 0.15) is 6.20 Å². The van der Waals surface area contributed by atoms with E-state index in [1.807, 2.05) is 6.07 Å². The van der Waals surface area contributed by atoms with Crippen molar-refractivity contribution < 1.29 is 9.72 Å². The number of rotatable bonds is 4. The summed E-state index contributed by atoms with van der Waals surface area (Å²) in [4.78, 5) is 26.4. The maximum Gasteiger partial charge on any atom is 0.288 e. The predicted molar refractivity (Wildman–Crippen MR) is 83.8 cm³/mol. The number of benzene rings is 1. The van der Waals surface area contributed by atoms with Crippen molar-refractivity contribution in [1.82, 2.24) is 15.6 Å². The smallest absolute Gasteiger partial charge is 0.288 e. The molecule has 7 heteroatoms. The lowest BCUT2D eigenvalue weighted by Gasteiger charge is -2.08. The Kier molecular flexibility index (Phi) is 4.03. The van der Waals surface area contributed by atoms with Crippen molar-refractivity contribution in [3.8, 4) is 0 Å². The largest absolute Gasteiger partial charge is 0.348 e. The van der Waals surface area contributed by atoms with Crippen LogP contribution < -0.4 is 10.6 Å². The van der Waals surface area contributed by atoms with Crippen molar-refractivity contribution in [2.75, 3.05) is 0 Å². The average molecular weight is 312 g/mol. The Hall–Kier alpha value is -2.80. The first kappa shape index (κ1) is 15.1. The van der Waals surface area contributed by atoms with Crippen LogP contribution in [0, 0.1) is 17.0 Å². The first-order valence-corrected chi connectivity index (χ1v) is 7.25. The highest BCUT2D eigenvalue weighted by Crippen LogP contribution is 2.18. The quantitative estimate of drug-likeness (QED) is 0.663. The minimum atomic E-state index is -0.559. The van der Waals surface area contributed by atoms with Crippen molar-refractivity contribution in [2.24, 2.45) is 0 Å². The zero-order valence-electron chi connectivity index (χ0n) is 12.6. The van der Waals surface area contributed by atoms with Crippen LogP contribution in [0.5, 0.6) is 0 Å². The molecule has 1 aliphatic rings. The molecule has 0 atom stereocenters. The molecule has 2 heterocycles. The molecule has 1 aliphatic heterocycles. The molecule has 0 spiro atoms. The Morgan fingerprint density at radius 1 is 1.35 bits per heavy atom. The molecule has 0 saturated heterocycles. The number of nitrogens with zero attached hydrogens (tertiary/aromatic N) is 2. The molecule has 2 aromatic rings. The summed E-state index contributed by atoms with van der Waals surface area (Å²) in [6.07, 6.45) is 1.15. The molecule has 7 nitrogen and oxygen atoms in total. The summed E-state index contributed by atoms with van der Waals surface area (Å²) in [6.45, 7) is 3.74. The van der Waals surface area contributed by atoms with E-state index < -0.39 is 4.92 Å². The zero-order valence-corrected chi connectivity index (χ0v) is 12.6. The fraction of sp³-hybridized carbons (Fsp3) is 0.250. The van der Waals surface area contributed by atoms with Gasteiger partial charge in [0.05, 0.1) is 16.2 Å². The number of nitro groups is 1. The molecule has 0 unspecified atom stereocenters. The molecule has 1 amide bonds. The molecule has 0 aliphatic carbocycles. The molecule has 2 N–H and O–H groups in total. The number of hydrogen-bond acceptors (Lipinski definition) is 5. The Balaban J connectivity index is 1.72. The number of hydrogen-bond donors (Lipinski definition) is 2. The SMILES string of the molecule is Cc1ncc([N+](=O)[O-])cc1C(=O)NCc1ccc2c(c1)CNC2. The minimum absolute atomic E-state index is 0.190. The van der Waals surface area contributed by atoms with E-state index in [0.29, 0.717) is 12.2 Å². The summed E-state index contributed by atoms with van der Waals surface area (Å²) in [5, 5.41) is 16.9. The average Bonchev–Trinajstić information content (AvgIpc) is 3.00. The first-order valence-electron chi connectivity index (χ1n) is 7.25. The topological polar surface area (TPSA) is 97.2 Å². The molecule has 0 bridgehead atoms. The molecular weight excluding hydrogens is 296 g/mol. The second kappa shape index (κ2) is 6.13. The summed E-state index contributed by atoms with van der Waals surface area (Å²) < 4.78 is 0. The lowest BCUT2D eigenvalue weighted by atomic mass is 10.1. The van der Waals surface area contributed by atoms with Crippen LogP contribution in [-0.2, 0) is 19.6 Å². The van der Waals surface area contributed by atoms with E-state index in [-0.39, 0.29) is 17.2 Å². The van der Waals surface area contributed by atoms with Gasteiger partial charge in [-0.25, -0.2) is 0 Å². The molecule has 0 saturated carbocycles. The third-order valence-corrected chi connectivity index (χ3v) is 3.88. The van der Waals surface area contributed by atoms with E-state index in [1.54, 1.807) is 6.92 Å². The normalized spacial score (nSPS) is 12.7. The van der Waals surface area contributed by atoms with Gasteiger partial charge in [0.25, 0.3) is 11.6 Å². The van der Waals surface area contributed by atoms with Gasteiger partial charge in [-0.05, 0) is 23.6 Å². The minimum Gasteiger partial charge on any atom is -0.348 e. The number of aryl methyl sites for hydroxylation is 1. The van der Waals surface area contributed by atoms with Crippen LogP contribution in [0.3, 0.4) is 0 Å². The fourth-order valence-electron chi connectivity index (χ4n) is 2.59. The van der Waals surface area contributed by atoms with Crippen LogP contribution in [0.4, 0.5) is 5.69 Å². The van der Waals surface area contributed by atoms with E-state index >= 15 is 0 Å². The number of fused-ring (bicyclic) bond motifs is 1. The Morgan fingerprint density at radius 2 is 2.13 bits per heavy atom. The van der Waals surface area contributed by atoms with E-state index in [1.165, 1.54) is 17.2 Å². The lowest BCUT2D eigenvalue weighted by Crippen LogP contribution is -2.24. The number of pyridine rings is 1. The van der Waals surface area contributed by atoms with Gasteiger partial charge in [-0.2, -0.15) is 0 Å². The van der Waals surface area contributed by atoms with Gasteiger partial charge in [0.2, 0.25) is 0 Å². The molecule has 0 fully saturated rings. The van der Waals surface area contributed by atoms with Crippen molar-refractivity contribution >= 4 is 11.6 Å². The number of carbonyl (C=O) groups excluding carboxylic acids is 1. The molecule has 23 heavy (non-hydrogen) atoms. The summed E-state index contributed by atoms with van der Waals surface area (Å²) >= 11 is 0. The highest BCUT2D eigenvalue weighted by Gasteiger charge is 2.16. The number of aromatic nitrogens is 1. The summed E-state index contributed by atoms with van der Waals surface area (Å²) in [6, 6.07) is 7.35. The molecule has 118 valence electrons. The maximum atomic E-state index is 12.3. The first-order chi connectivity index (χ1) is 11.0. The molecule has 1 aromatic carbocycles. The van der Waals surface area contributed by atoms with Crippen LogP contribution in [0.15, 0.2) is 30.5 Å². The van der Waals surface area contributed by atoms with E-state index in [4.69, 9.17) is 0 Å². The van der Waals surface area contributed by atoms with Gasteiger partial charge in [-0.1, -0.05) is 18.2 Å². The second-order valence-corrected chi connectivity index (χ2v) is 5.47. The van der Waals surface area contributed by atoms with Crippen molar-refractivity contribution in [3.05, 3.63) is 68.5 Å². The van der Waals surface area contributed by atoms with Crippen molar-refractivity contribution in [2.45, 2.75) is 26.6 Å². The van der Waals surface area contributed by atoms with Crippen LogP contribution >= 0.6 is 0 Å². The number of nitrogens with one attached hydrogen (secondary N) is 2. The second-order valence-electron chi connectivity index (χ2n) is 5.47. The van der Waals surface area contributed by atoms with Crippen LogP contribution in [0.25, 0.3) is 0 Å². The maximum absolute atomic E-state index is 12.3. The highest BCUT2D eigenvalue weighted by molar-refractivity contribution is 5.95. The predicted octanol–water partition coefficient (Wildman–Crippen LogP) is 1.83. The van der Waals surface area contributed by atoms with E-state index in [0.717, 1.165) is 24.8 Å². The van der Waals surface area contributed by atoms with Gasteiger partial charge >= 0.3 is 0 Å². The Bertz CT molecular complexity index is 789. The zero-order chi connectivity index (χ0) is 16.4. The third-order valence-electron chi connectivity index (χ3n) is 3.88. The van der Waals surface area contributed by atoms with Crippen LogP contribution in [0.2, 0.25) is 0 Å². The third kappa shape index (κ3) is 3.19. The Morgan fingerprint density at radius 3 is 2.91 bits per heavy atom. The van der Waals surface area contributed by atoms with Gasteiger partial charge in [-0.3, -0.25) is 19.9 Å². The van der Waals surface area contributed by atoms with E-state index in [2.05, 4.69) is 27.8 Å². The molecule has 0 radical (unpaired) electrons. The highest BCUT2D eigenvalue weighted by atomic mass is 16.6. The van der Waals surface area contributed by atoms with Crippen molar-refractivity contribution in [1.29, 1.82) is 0 Å². The van der Waals surface area contributed by atoms with Gasteiger partial charge < -0.3 is 10.6 Å².